The summed E-state index contributed by atoms with van der Waals surface area (Å²) in [6.45, 7) is 5.06. The van der Waals surface area contributed by atoms with Crippen molar-refractivity contribution < 1.29 is 9.53 Å². The van der Waals surface area contributed by atoms with Gasteiger partial charge in [0.15, 0.2) is 5.69 Å². The molecule has 2 fully saturated rings. The molecule has 1 aromatic heterocycles. The van der Waals surface area contributed by atoms with Gasteiger partial charge in [0.25, 0.3) is 5.91 Å². The molecule has 4 rings (SSSR count). The number of aromatic nitrogens is 2. The van der Waals surface area contributed by atoms with E-state index >= 15 is 0 Å². The normalized spacial score (nSPS) is 26.3. The third-order valence-corrected chi connectivity index (χ3v) is 4.98. The van der Waals surface area contributed by atoms with Crippen LogP contribution < -0.4 is 0 Å². The Kier molecular flexibility index (Phi) is 3.43. The number of carbonyl (C=O) groups excluding carboxylic acids is 1. The SMILES string of the molecule is O=C(c1n[nH]c2c1CCCC2)N1CCN2CCOCC2C1. The van der Waals surface area contributed by atoms with Crippen molar-refractivity contribution in [3.8, 4) is 0 Å². The van der Waals surface area contributed by atoms with E-state index in [0.717, 1.165) is 64.2 Å². The Morgan fingerprint density at radius 2 is 2.14 bits per heavy atom. The predicted molar refractivity (Wildman–Crippen MR) is 77.3 cm³/mol. The largest absolute Gasteiger partial charge is 0.378 e. The molecule has 6 nitrogen and oxygen atoms in total. The molecule has 114 valence electrons. The Balaban J connectivity index is 1.51. The average Bonchev–Trinajstić information content (AvgIpc) is 2.98. The van der Waals surface area contributed by atoms with Gasteiger partial charge in [-0.2, -0.15) is 5.10 Å². The molecule has 0 saturated carbocycles. The van der Waals surface area contributed by atoms with Crippen LogP contribution in [0.5, 0.6) is 0 Å². The molecule has 6 heteroatoms. The Labute approximate surface area is 124 Å². The quantitative estimate of drug-likeness (QED) is 0.815. The van der Waals surface area contributed by atoms with Crippen molar-refractivity contribution in [2.75, 3.05) is 39.4 Å². The van der Waals surface area contributed by atoms with E-state index in [1.165, 1.54) is 12.1 Å². The fourth-order valence-corrected chi connectivity index (χ4v) is 3.74. The Morgan fingerprint density at radius 1 is 1.24 bits per heavy atom. The van der Waals surface area contributed by atoms with Gasteiger partial charge in [0.05, 0.1) is 19.3 Å². The van der Waals surface area contributed by atoms with Crippen molar-refractivity contribution in [3.05, 3.63) is 17.0 Å². The highest BCUT2D eigenvalue weighted by molar-refractivity contribution is 5.94. The molecule has 1 atom stereocenters. The lowest BCUT2D eigenvalue weighted by atomic mass is 9.95. The summed E-state index contributed by atoms with van der Waals surface area (Å²) in [5.74, 6) is 0.0969. The number of piperazine rings is 1. The van der Waals surface area contributed by atoms with Gasteiger partial charge in [0.2, 0.25) is 0 Å². The zero-order valence-corrected chi connectivity index (χ0v) is 12.3. The topological polar surface area (TPSA) is 61.5 Å². The number of amides is 1. The van der Waals surface area contributed by atoms with E-state index in [0.29, 0.717) is 11.7 Å². The third kappa shape index (κ3) is 2.36. The molecule has 0 spiro atoms. The van der Waals surface area contributed by atoms with E-state index in [9.17, 15) is 4.79 Å². The summed E-state index contributed by atoms with van der Waals surface area (Å²) in [5.41, 5.74) is 2.99. The van der Waals surface area contributed by atoms with Crippen LogP contribution in [-0.4, -0.2) is 71.3 Å². The minimum Gasteiger partial charge on any atom is -0.378 e. The van der Waals surface area contributed by atoms with Gasteiger partial charge < -0.3 is 9.64 Å². The number of ether oxygens (including phenoxy) is 1. The Bertz CT molecular complexity index is 542. The van der Waals surface area contributed by atoms with E-state index in [1.54, 1.807) is 0 Å². The van der Waals surface area contributed by atoms with E-state index in [-0.39, 0.29) is 5.91 Å². The third-order valence-electron chi connectivity index (χ3n) is 4.98. The monoisotopic (exact) mass is 290 g/mol. The molecule has 2 aliphatic heterocycles. The molecular weight excluding hydrogens is 268 g/mol. The maximum atomic E-state index is 12.8. The molecule has 1 aliphatic carbocycles. The fourth-order valence-electron chi connectivity index (χ4n) is 3.74. The van der Waals surface area contributed by atoms with Crippen molar-refractivity contribution in [2.24, 2.45) is 0 Å². The van der Waals surface area contributed by atoms with Gasteiger partial charge in [-0.05, 0) is 25.7 Å². The summed E-state index contributed by atoms with van der Waals surface area (Å²) in [6, 6.07) is 0.353. The van der Waals surface area contributed by atoms with Crippen LogP contribution in [-0.2, 0) is 17.6 Å². The highest BCUT2D eigenvalue weighted by atomic mass is 16.5. The van der Waals surface area contributed by atoms with Crippen LogP contribution in [0, 0.1) is 0 Å². The summed E-state index contributed by atoms with van der Waals surface area (Å²) in [5, 5.41) is 7.39. The number of fused-ring (bicyclic) bond motifs is 2. The number of H-pyrrole nitrogens is 1. The molecule has 1 aromatic rings. The molecule has 0 bridgehead atoms. The summed E-state index contributed by atoms with van der Waals surface area (Å²) in [7, 11) is 0. The van der Waals surface area contributed by atoms with Gasteiger partial charge in [-0.25, -0.2) is 0 Å². The van der Waals surface area contributed by atoms with E-state index in [2.05, 4.69) is 15.1 Å². The van der Waals surface area contributed by atoms with Gasteiger partial charge in [-0.15, -0.1) is 0 Å². The minimum atomic E-state index is 0.0969. The lowest BCUT2D eigenvalue weighted by molar-refractivity contribution is -0.0396. The number of hydrogen-bond donors (Lipinski definition) is 1. The zero-order valence-electron chi connectivity index (χ0n) is 12.3. The van der Waals surface area contributed by atoms with Crippen LogP contribution in [0.25, 0.3) is 0 Å². The number of hydrogen-bond acceptors (Lipinski definition) is 4. The average molecular weight is 290 g/mol. The number of nitrogens with one attached hydrogen (secondary N) is 1. The lowest BCUT2D eigenvalue weighted by Gasteiger charge is -2.43. The van der Waals surface area contributed by atoms with Gasteiger partial charge in [0, 0.05) is 37.4 Å². The number of nitrogens with zero attached hydrogens (tertiary/aromatic N) is 3. The molecule has 0 aromatic carbocycles. The molecule has 1 unspecified atom stereocenters. The molecule has 2 saturated heterocycles. The van der Waals surface area contributed by atoms with Crippen LogP contribution in [0.3, 0.4) is 0 Å². The second-order valence-corrected chi connectivity index (χ2v) is 6.25. The number of aromatic amines is 1. The van der Waals surface area contributed by atoms with E-state index in [4.69, 9.17) is 4.74 Å². The second kappa shape index (κ2) is 5.42. The van der Waals surface area contributed by atoms with E-state index < -0.39 is 0 Å². The molecule has 3 aliphatic rings. The molecular formula is C15H22N4O2. The highest BCUT2D eigenvalue weighted by Crippen LogP contribution is 2.24. The molecule has 1 amide bonds. The van der Waals surface area contributed by atoms with Crippen molar-refractivity contribution in [3.63, 3.8) is 0 Å². The number of morpholine rings is 1. The van der Waals surface area contributed by atoms with Crippen LogP contribution in [0.15, 0.2) is 0 Å². The van der Waals surface area contributed by atoms with Gasteiger partial charge >= 0.3 is 0 Å². The highest BCUT2D eigenvalue weighted by Gasteiger charge is 2.34. The lowest BCUT2D eigenvalue weighted by Crippen LogP contribution is -2.59. The fraction of sp³-hybridized carbons (Fsp3) is 0.733. The minimum absolute atomic E-state index is 0.0969. The van der Waals surface area contributed by atoms with Crippen molar-refractivity contribution in [1.29, 1.82) is 0 Å². The predicted octanol–water partition coefficient (Wildman–Crippen LogP) is 0.445. The van der Waals surface area contributed by atoms with Crippen LogP contribution in [0.2, 0.25) is 0 Å². The zero-order chi connectivity index (χ0) is 14.2. The summed E-state index contributed by atoms with van der Waals surface area (Å²) in [4.78, 5) is 17.2. The first-order chi connectivity index (χ1) is 10.3. The van der Waals surface area contributed by atoms with Gasteiger partial charge in [0.1, 0.15) is 0 Å². The van der Waals surface area contributed by atoms with Crippen molar-refractivity contribution >= 4 is 5.91 Å². The second-order valence-electron chi connectivity index (χ2n) is 6.25. The van der Waals surface area contributed by atoms with Gasteiger partial charge in [-0.3, -0.25) is 14.8 Å². The molecule has 21 heavy (non-hydrogen) atoms. The summed E-state index contributed by atoms with van der Waals surface area (Å²) >= 11 is 0. The van der Waals surface area contributed by atoms with Crippen molar-refractivity contribution in [1.82, 2.24) is 20.0 Å². The van der Waals surface area contributed by atoms with Gasteiger partial charge in [-0.1, -0.05) is 0 Å². The van der Waals surface area contributed by atoms with Crippen LogP contribution in [0.4, 0.5) is 0 Å². The Morgan fingerprint density at radius 3 is 3.10 bits per heavy atom. The smallest absolute Gasteiger partial charge is 0.274 e. The maximum Gasteiger partial charge on any atom is 0.274 e. The number of aryl methyl sites for hydroxylation is 1. The summed E-state index contributed by atoms with van der Waals surface area (Å²) in [6.07, 6.45) is 4.37. The summed E-state index contributed by atoms with van der Waals surface area (Å²) < 4.78 is 5.55. The first-order valence-electron chi connectivity index (χ1n) is 8.00. The molecule has 3 heterocycles. The molecule has 1 N–H and O–H groups in total. The van der Waals surface area contributed by atoms with Crippen LogP contribution >= 0.6 is 0 Å². The van der Waals surface area contributed by atoms with Crippen molar-refractivity contribution in [2.45, 2.75) is 31.7 Å². The standard InChI is InChI=1S/C15H22N4O2/c20-15(14-12-3-1-2-4-13(12)16-17-14)19-6-5-18-7-8-21-10-11(18)9-19/h11H,1-10H2,(H,16,17). The number of rotatable bonds is 1. The van der Waals surface area contributed by atoms with E-state index in [1.807, 2.05) is 4.90 Å². The number of carbonyl (C=O) groups is 1. The first kappa shape index (κ1) is 13.3. The first-order valence-corrected chi connectivity index (χ1v) is 8.00. The Hall–Kier alpha value is -1.40. The van der Waals surface area contributed by atoms with Crippen LogP contribution in [0.1, 0.15) is 34.6 Å². The maximum absolute atomic E-state index is 12.8. The molecule has 0 radical (unpaired) electrons.